The van der Waals surface area contributed by atoms with E-state index in [0.29, 0.717) is 6.61 Å². The van der Waals surface area contributed by atoms with E-state index in [-0.39, 0.29) is 12.7 Å². The van der Waals surface area contributed by atoms with E-state index < -0.39 is 0 Å². The molecule has 2 N–H and O–H groups in total. The number of hydrogen-bond donors (Lipinski definition) is 2. The van der Waals surface area contributed by atoms with E-state index in [1.54, 1.807) is 0 Å². The summed E-state index contributed by atoms with van der Waals surface area (Å²) < 4.78 is 5.59. The van der Waals surface area contributed by atoms with Gasteiger partial charge in [-0.2, -0.15) is 0 Å². The van der Waals surface area contributed by atoms with Crippen molar-refractivity contribution < 1.29 is 9.84 Å². The Bertz CT molecular complexity index is 251. The highest BCUT2D eigenvalue weighted by molar-refractivity contribution is 5.13. The van der Waals surface area contributed by atoms with Crippen LogP contribution in [-0.2, 0) is 11.3 Å². The van der Waals surface area contributed by atoms with Crippen molar-refractivity contribution in [3.05, 3.63) is 35.9 Å². The van der Waals surface area contributed by atoms with E-state index in [2.05, 4.69) is 5.32 Å². The number of aliphatic hydroxyl groups is 1. The largest absolute Gasteiger partial charge is 0.394 e. The molecule has 0 amide bonds. The minimum Gasteiger partial charge on any atom is -0.394 e. The highest BCUT2D eigenvalue weighted by atomic mass is 16.5. The van der Waals surface area contributed by atoms with Crippen LogP contribution in [0.3, 0.4) is 0 Å². The Morgan fingerprint density at radius 2 is 2.07 bits per heavy atom. The highest BCUT2D eigenvalue weighted by Crippen LogP contribution is 2.05. The smallest absolute Gasteiger partial charge is 0.0822 e. The summed E-state index contributed by atoms with van der Waals surface area (Å²) in [5.74, 6) is 0. The number of aliphatic hydroxyl groups excluding tert-OH is 1. The number of ether oxygens (including phenoxy) is 1. The molecular formula is C12H19NO2. The predicted molar refractivity (Wildman–Crippen MR) is 60.6 cm³/mol. The van der Waals surface area contributed by atoms with Crippen LogP contribution in [0.4, 0.5) is 0 Å². The second-order valence-electron chi connectivity index (χ2n) is 3.49. The Balaban J connectivity index is 2.28. The van der Waals surface area contributed by atoms with Gasteiger partial charge in [0.15, 0.2) is 0 Å². The van der Waals surface area contributed by atoms with Crippen molar-refractivity contribution in [1.29, 1.82) is 0 Å². The van der Waals surface area contributed by atoms with Gasteiger partial charge in [-0.3, -0.25) is 0 Å². The molecule has 0 saturated carbocycles. The fraction of sp³-hybridized carbons (Fsp3) is 0.500. The van der Waals surface area contributed by atoms with Crippen LogP contribution in [0.15, 0.2) is 30.3 Å². The maximum Gasteiger partial charge on any atom is 0.0822 e. The molecule has 0 aliphatic rings. The number of nitrogens with one attached hydrogen (secondary N) is 1. The molecule has 0 bridgehead atoms. The van der Waals surface area contributed by atoms with Crippen LogP contribution in [0.25, 0.3) is 0 Å². The predicted octanol–water partition coefficient (Wildman–Crippen LogP) is 1.17. The molecule has 0 fully saturated rings. The monoisotopic (exact) mass is 209 g/mol. The lowest BCUT2D eigenvalue weighted by atomic mass is 10.2. The molecule has 3 nitrogen and oxygen atoms in total. The first-order valence-corrected chi connectivity index (χ1v) is 5.27. The molecule has 0 spiro atoms. The SMILES string of the molecule is CNCCC(CO)OCc1ccccc1. The fourth-order valence-electron chi connectivity index (χ4n) is 1.32. The minimum absolute atomic E-state index is 0.0716. The summed E-state index contributed by atoms with van der Waals surface area (Å²) in [6.45, 7) is 1.50. The summed E-state index contributed by atoms with van der Waals surface area (Å²) in [4.78, 5) is 0. The normalized spacial score (nSPS) is 12.7. The Morgan fingerprint density at radius 1 is 1.33 bits per heavy atom. The Labute approximate surface area is 91.1 Å². The molecule has 0 aliphatic carbocycles. The molecule has 1 rings (SSSR count). The van der Waals surface area contributed by atoms with Crippen molar-refractivity contribution in [2.75, 3.05) is 20.2 Å². The van der Waals surface area contributed by atoms with Gasteiger partial charge in [0.25, 0.3) is 0 Å². The van der Waals surface area contributed by atoms with E-state index in [0.717, 1.165) is 18.5 Å². The molecule has 1 aromatic rings. The van der Waals surface area contributed by atoms with Crippen LogP contribution in [0.5, 0.6) is 0 Å². The quantitative estimate of drug-likeness (QED) is 0.708. The fourth-order valence-corrected chi connectivity index (χ4v) is 1.32. The van der Waals surface area contributed by atoms with Crippen molar-refractivity contribution in [3.63, 3.8) is 0 Å². The van der Waals surface area contributed by atoms with Crippen LogP contribution in [0.1, 0.15) is 12.0 Å². The lowest BCUT2D eigenvalue weighted by molar-refractivity contribution is -0.00153. The number of hydrogen-bond acceptors (Lipinski definition) is 3. The third kappa shape index (κ3) is 4.93. The second-order valence-corrected chi connectivity index (χ2v) is 3.49. The van der Waals surface area contributed by atoms with Crippen LogP contribution < -0.4 is 5.32 Å². The lowest BCUT2D eigenvalue weighted by Gasteiger charge is -2.15. The Kier molecular flexibility index (Phi) is 6.00. The minimum atomic E-state index is -0.0716. The maximum atomic E-state index is 9.08. The standard InChI is InChI=1S/C12H19NO2/c1-13-8-7-12(9-14)15-10-11-5-3-2-4-6-11/h2-6,12-14H,7-10H2,1H3. The van der Waals surface area contributed by atoms with Crippen LogP contribution in [0.2, 0.25) is 0 Å². The summed E-state index contributed by atoms with van der Waals surface area (Å²) in [5.41, 5.74) is 1.14. The van der Waals surface area contributed by atoms with E-state index >= 15 is 0 Å². The molecule has 0 aromatic heterocycles. The van der Waals surface area contributed by atoms with Gasteiger partial charge in [-0.05, 0) is 25.6 Å². The zero-order chi connectivity index (χ0) is 10.9. The number of rotatable bonds is 7. The Hall–Kier alpha value is -0.900. The molecule has 0 aliphatic heterocycles. The molecule has 1 aromatic carbocycles. The van der Waals surface area contributed by atoms with Gasteiger partial charge in [-0.1, -0.05) is 30.3 Å². The summed E-state index contributed by atoms with van der Waals surface area (Å²) in [7, 11) is 1.89. The first kappa shape index (κ1) is 12.2. The van der Waals surface area contributed by atoms with Crippen molar-refractivity contribution in [1.82, 2.24) is 5.32 Å². The molecular weight excluding hydrogens is 190 g/mol. The van der Waals surface area contributed by atoms with E-state index in [1.165, 1.54) is 0 Å². The van der Waals surface area contributed by atoms with Gasteiger partial charge in [0.2, 0.25) is 0 Å². The second kappa shape index (κ2) is 7.40. The molecule has 1 atom stereocenters. The molecule has 0 radical (unpaired) electrons. The zero-order valence-electron chi connectivity index (χ0n) is 9.15. The van der Waals surface area contributed by atoms with Crippen LogP contribution in [0, 0.1) is 0 Å². The first-order chi connectivity index (χ1) is 7.36. The maximum absolute atomic E-state index is 9.08. The summed E-state index contributed by atoms with van der Waals surface area (Å²) >= 11 is 0. The molecule has 0 heterocycles. The lowest BCUT2D eigenvalue weighted by Crippen LogP contribution is -2.23. The van der Waals surface area contributed by atoms with Gasteiger partial charge in [-0.15, -0.1) is 0 Å². The summed E-state index contributed by atoms with van der Waals surface area (Å²) in [6.07, 6.45) is 0.762. The van der Waals surface area contributed by atoms with Gasteiger partial charge in [0.05, 0.1) is 19.3 Å². The average Bonchev–Trinajstić information content (AvgIpc) is 2.31. The topological polar surface area (TPSA) is 41.5 Å². The third-order valence-corrected chi connectivity index (χ3v) is 2.25. The van der Waals surface area contributed by atoms with Gasteiger partial charge >= 0.3 is 0 Å². The van der Waals surface area contributed by atoms with Crippen molar-refractivity contribution in [3.8, 4) is 0 Å². The van der Waals surface area contributed by atoms with Gasteiger partial charge in [0, 0.05) is 0 Å². The van der Waals surface area contributed by atoms with Crippen molar-refractivity contribution in [2.45, 2.75) is 19.1 Å². The molecule has 0 saturated heterocycles. The Morgan fingerprint density at radius 3 is 2.67 bits per heavy atom. The zero-order valence-corrected chi connectivity index (χ0v) is 9.15. The molecule has 84 valence electrons. The highest BCUT2D eigenvalue weighted by Gasteiger charge is 2.06. The summed E-state index contributed by atoms with van der Waals surface area (Å²) in [5, 5.41) is 12.1. The molecule has 3 heteroatoms. The van der Waals surface area contributed by atoms with Crippen molar-refractivity contribution in [2.24, 2.45) is 0 Å². The van der Waals surface area contributed by atoms with Crippen LogP contribution >= 0.6 is 0 Å². The van der Waals surface area contributed by atoms with Gasteiger partial charge in [0.1, 0.15) is 0 Å². The van der Waals surface area contributed by atoms with E-state index in [9.17, 15) is 0 Å². The molecule has 1 unspecified atom stereocenters. The number of benzene rings is 1. The van der Waals surface area contributed by atoms with Crippen LogP contribution in [-0.4, -0.2) is 31.4 Å². The third-order valence-electron chi connectivity index (χ3n) is 2.25. The van der Waals surface area contributed by atoms with Gasteiger partial charge < -0.3 is 15.2 Å². The van der Waals surface area contributed by atoms with Crippen molar-refractivity contribution >= 4 is 0 Å². The van der Waals surface area contributed by atoms with E-state index in [1.807, 2.05) is 37.4 Å². The van der Waals surface area contributed by atoms with Gasteiger partial charge in [-0.25, -0.2) is 0 Å². The summed E-state index contributed by atoms with van der Waals surface area (Å²) in [6, 6.07) is 9.99. The van der Waals surface area contributed by atoms with E-state index in [4.69, 9.17) is 9.84 Å². The molecule has 15 heavy (non-hydrogen) atoms. The average molecular weight is 209 g/mol. The first-order valence-electron chi connectivity index (χ1n) is 5.27.